The van der Waals surface area contributed by atoms with E-state index < -0.39 is 0 Å². The predicted molar refractivity (Wildman–Crippen MR) is 89.0 cm³/mol. The molecule has 0 saturated carbocycles. The molecule has 4 heteroatoms. The van der Waals surface area contributed by atoms with E-state index in [1.165, 1.54) is 5.56 Å². The van der Waals surface area contributed by atoms with E-state index >= 15 is 0 Å². The van der Waals surface area contributed by atoms with Gasteiger partial charge in [0.2, 0.25) is 0 Å². The fraction of sp³-hybridized carbons (Fsp3) is 0.235. The molecule has 0 saturated heterocycles. The molecule has 0 aromatic heterocycles. The Kier molecular flexibility index (Phi) is 3.38. The number of hydrogen-bond acceptors (Lipinski definition) is 3. The summed E-state index contributed by atoms with van der Waals surface area (Å²) in [7, 11) is 0. The van der Waals surface area contributed by atoms with E-state index in [4.69, 9.17) is 17.3 Å². The largest absolute Gasteiger partial charge is 0.369 e. The van der Waals surface area contributed by atoms with Crippen LogP contribution in [0.5, 0.6) is 0 Å². The molecule has 2 aromatic carbocycles. The summed E-state index contributed by atoms with van der Waals surface area (Å²) < 4.78 is 0. The van der Waals surface area contributed by atoms with Crippen LogP contribution in [-0.4, -0.2) is 12.5 Å². The average molecular weight is 300 g/mol. The van der Waals surface area contributed by atoms with Gasteiger partial charge in [0.15, 0.2) is 5.96 Å². The lowest BCUT2D eigenvalue weighted by Gasteiger charge is -2.37. The highest BCUT2D eigenvalue weighted by Crippen LogP contribution is 2.39. The van der Waals surface area contributed by atoms with Crippen LogP contribution in [0.1, 0.15) is 18.1 Å². The molecule has 2 N–H and O–H groups in total. The number of guanidine groups is 1. The number of rotatable bonds is 2. The third-order valence-electron chi connectivity index (χ3n) is 3.99. The van der Waals surface area contributed by atoms with Gasteiger partial charge in [0.05, 0.1) is 12.1 Å². The van der Waals surface area contributed by atoms with Crippen molar-refractivity contribution in [2.45, 2.75) is 19.4 Å². The summed E-state index contributed by atoms with van der Waals surface area (Å²) in [5.74, 6) is 0.531. The lowest BCUT2D eigenvalue weighted by Crippen LogP contribution is -2.48. The molecule has 3 nitrogen and oxygen atoms in total. The van der Waals surface area contributed by atoms with Crippen LogP contribution in [0.3, 0.4) is 0 Å². The van der Waals surface area contributed by atoms with Crippen LogP contribution in [0.4, 0.5) is 5.69 Å². The van der Waals surface area contributed by atoms with E-state index in [2.05, 4.69) is 41.9 Å². The van der Waals surface area contributed by atoms with Crippen molar-refractivity contribution in [2.24, 2.45) is 10.7 Å². The summed E-state index contributed by atoms with van der Waals surface area (Å²) in [5, 5.41) is 0.738. The Bertz CT molecular complexity index is 711. The van der Waals surface area contributed by atoms with Crippen LogP contribution in [0.15, 0.2) is 53.5 Å². The Balaban J connectivity index is 2.13. The molecule has 0 aliphatic carbocycles. The Morgan fingerprint density at radius 3 is 2.67 bits per heavy atom. The zero-order valence-corrected chi connectivity index (χ0v) is 12.9. The van der Waals surface area contributed by atoms with E-state index in [0.717, 1.165) is 16.3 Å². The van der Waals surface area contributed by atoms with Gasteiger partial charge in [-0.1, -0.05) is 41.9 Å². The Morgan fingerprint density at radius 1 is 1.19 bits per heavy atom. The summed E-state index contributed by atoms with van der Waals surface area (Å²) in [6, 6.07) is 16.1. The maximum Gasteiger partial charge on any atom is 0.196 e. The second kappa shape index (κ2) is 5.08. The molecule has 0 amide bonds. The maximum absolute atomic E-state index is 6.41. The molecule has 1 unspecified atom stereocenters. The number of aryl methyl sites for hydroxylation is 1. The summed E-state index contributed by atoms with van der Waals surface area (Å²) in [4.78, 5) is 6.53. The smallest absolute Gasteiger partial charge is 0.196 e. The molecule has 0 fully saturated rings. The summed E-state index contributed by atoms with van der Waals surface area (Å²) in [6.07, 6.45) is 0. The zero-order chi connectivity index (χ0) is 15.0. The molecule has 0 spiro atoms. The van der Waals surface area contributed by atoms with Crippen LogP contribution in [0, 0.1) is 6.92 Å². The van der Waals surface area contributed by atoms with E-state index in [9.17, 15) is 0 Å². The Morgan fingerprint density at radius 2 is 1.95 bits per heavy atom. The highest BCUT2D eigenvalue weighted by Gasteiger charge is 2.41. The third-order valence-corrected chi connectivity index (χ3v) is 4.32. The first-order valence-electron chi connectivity index (χ1n) is 6.94. The fourth-order valence-electron chi connectivity index (χ4n) is 2.92. The molecule has 1 atom stereocenters. The minimum atomic E-state index is -0.365. The van der Waals surface area contributed by atoms with Gasteiger partial charge < -0.3 is 10.6 Å². The van der Waals surface area contributed by atoms with Gasteiger partial charge in [-0.3, -0.25) is 4.99 Å². The first-order chi connectivity index (χ1) is 10.0. The number of benzene rings is 2. The number of hydrogen-bond donors (Lipinski definition) is 1. The second-order valence-electron chi connectivity index (χ2n) is 5.60. The molecule has 1 heterocycles. The normalized spacial score (nSPS) is 21.5. The zero-order valence-electron chi connectivity index (χ0n) is 12.2. The predicted octanol–water partition coefficient (Wildman–Crippen LogP) is 3.70. The lowest BCUT2D eigenvalue weighted by atomic mass is 9.90. The maximum atomic E-state index is 6.41. The van der Waals surface area contributed by atoms with Gasteiger partial charge in [-0.25, -0.2) is 0 Å². The van der Waals surface area contributed by atoms with Gasteiger partial charge in [0.1, 0.15) is 0 Å². The summed E-state index contributed by atoms with van der Waals surface area (Å²) in [6.45, 7) is 4.79. The minimum absolute atomic E-state index is 0.365. The van der Waals surface area contributed by atoms with Crippen LogP contribution in [0.2, 0.25) is 5.02 Å². The van der Waals surface area contributed by atoms with Crippen LogP contribution in [0.25, 0.3) is 0 Å². The summed E-state index contributed by atoms with van der Waals surface area (Å²) in [5.41, 5.74) is 9.06. The number of anilines is 1. The molecule has 0 radical (unpaired) electrons. The molecular formula is C17H18ClN3. The van der Waals surface area contributed by atoms with E-state index in [1.807, 2.05) is 30.3 Å². The highest BCUT2D eigenvalue weighted by molar-refractivity contribution is 6.31. The Hall–Kier alpha value is -2.00. The van der Waals surface area contributed by atoms with Crippen molar-refractivity contribution in [3.05, 3.63) is 64.7 Å². The minimum Gasteiger partial charge on any atom is -0.369 e. The second-order valence-corrected chi connectivity index (χ2v) is 6.01. The van der Waals surface area contributed by atoms with Crippen molar-refractivity contribution in [1.29, 1.82) is 0 Å². The van der Waals surface area contributed by atoms with Gasteiger partial charge in [-0.05, 0) is 43.2 Å². The van der Waals surface area contributed by atoms with Crippen LogP contribution in [-0.2, 0) is 5.54 Å². The van der Waals surface area contributed by atoms with E-state index in [-0.39, 0.29) is 5.54 Å². The van der Waals surface area contributed by atoms with Crippen molar-refractivity contribution in [2.75, 3.05) is 11.4 Å². The molecule has 0 bridgehead atoms. The average Bonchev–Trinajstić information content (AvgIpc) is 2.76. The topological polar surface area (TPSA) is 41.6 Å². The summed E-state index contributed by atoms with van der Waals surface area (Å²) >= 11 is 6.41. The molecular weight excluding hydrogens is 282 g/mol. The van der Waals surface area contributed by atoms with Crippen LogP contribution < -0.4 is 10.6 Å². The van der Waals surface area contributed by atoms with Gasteiger partial charge >= 0.3 is 0 Å². The van der Waals surface area contributed by atoms with E-state index in [0.29, 0.717) is 12.5 Å². The monoisotopic (exact) mass is 299 g/mol. The number of aliphatic imine (C=N–C) groups is 1. The van der Waals surface area contributed by atoms with Crippen molar-refractivity contribution < 1.29 is 0 Å². The SMILES string of the molecule is Cc1cccc(N2C(N)=NCC2(C)c2ccccc2Cl)c1. The molecule has 108 valence electrons. The van der Waals surface area contributed by atoms with Crippen molar-refractivity contribution in [3.63, 3.8) is 0 Å². The molecule has 1 aliphatic heterocycles. The van der Waals surface area contributed by atoms with Crippen LogP contribution >= 0.6 is 11.6 Å². The van der Waals surface area contributed by atoms with E-state index in [1.54, 1.807) is 0 Å². The first-order valence-corrected chi connectivity index (χ1v) is 7.32. The molecule has 2 aromatic rings. The quantitative estimate of drug-likeness (QED) is 0.918. The third kappa shape index (κ3) is 2.28. The van der Waals surface area contributed by atoms with Crippen molar-refractivity contribution in [3.8, 4) is 0 Å². The highest BCUT2D eigenvalue weighted by atomic mass is 35.5. The fourth-order valence-corrected chi connectivity index (χ4v) is 3.26. The molecule has 21 heavy (non-hydrogen) atoms. The Labute approximate surface area is 130 Å². The van der Waals surface area contributed by atoms with Gasteiger partial charge in [-0.15, -0.1) is 0 Å². The lowest BCUT2D eigenvalue weighted by molar-refractivity contribution is 0.533. The van der Waals surface area contributed by atoms with Gasteiger partial charge in [-0.2, -0.15) is 0 Å². The molecule has 1 aliphatic rings. The van der Waals surface area contributed by atoms with Gasteiger partial charge in [0, 0.05) is 10.7 Å². The first kappa shape index (κ1) is 14.0. The molecule has 3 rings (SSSR count). The van der Waals surface area contributed by atoms with Crippen molar-refractivity contribution in [1.82, 2.24) is 0 Å². The van der Waals surface area contributed by atoms with Crippen molar-refractivity contribution >= 4 is 23.2 Å². The standard InChI is InChI=1S/C17H18ClN3/c1-12-6-5-7-13(10-12)21-16(19)20-11-17(21,2)14-8-3-4-9-15(14)18/h3-10H,11H2,1-2H3,(H2,19,20). The van der Waals surface area contributed by atoms with Gasteiger partial charge in [0.25, 0.3) is 0 Å². The number of halogens is 1. The number of nitrogens with zero attached hydrogens (tertiary/aromatic N) is 2. The number of nitrogens with two attached hydrogens (primary N) is 1.